The van der Waals surface area contributed by atoms with E-state index >= 15 is 0 Å². The molecule has 8 heteroatoms. The number of ether oxygens (including phenoxy) is 2. The lowest BCUT2D eigenvalue weighted by atomic mass is 9.94. The van der Waals surface area contributed by atoms with Crippen LogP contribution in [0, 0.1) is 6.92 Å². The van der Waals surface area contributed by atoms with Crippen molar-refractivity contribution in [3.8, 4) is 17.1 Å². The lowest BCUT2D eigenvalue weighted by Crippen LogP contribution is -2.46. The van der Waals surface area contributed by atoms with Crippen molar-refractivity contribution in [2.45, 2.75) is 46.3 Å². The van der Waals surface area contributed by atoms with Gasteiger partial charge in [-0.05, 0) is 64.0 Å². The number of hydrogen-bond acceptors (Lipinski definition) is 6. The summed E-state index contributed by atoms with van der Waals surface area (Å²) in [5, 5.41) is 8.46. The van der Waals surface area contributed by atoms with Gasteiger partial charge >= 0.3 is 0 Å². The summed E-state index contributed by atoms with van der Waals surface area (Å²) in [6, 6.07) is 15.8. The number of aromatic nitrogens is 2. The Kier molecular flexibility index (Phi) is 7.83. The number of benzene rings is 2. The van der Waals surface area contributed by atoms with Crippen molar-refractivity contribution in [1.82, 2.24) is 20.4 Å². The summed E-state index contributed by atoms with van der Waals surface area (Å²) in [4.78, 5) is 6.87. The second kappa shape index (κ2) is 11.0. The van der Waals surface area contributed by atoms with E-state index in [4.69, 9.17) is 31.2 Å². The Morgan fingerprint density at radius 1 is 1.14 bits per heavy atom. The number of hydrogen-bond donors (Lipinski definition) is 1. The average Bonchev–Trinajstić information content (AvgIpc) is 3.33. The number of nitrogens with one attached hydrogen (secondary N) is 1. The zero-order chi connectivity index (χ0) is 24.9. The molecule has 0 fully saturated rings. The molecule has 184 valence electrons. The molecule has 7 nitrogen and oxygen atoms in total. The largest absolute Gasteiger partial charge is 0.497 e. The number of methoxy groups -OCH3 is 1. The molecule has 1 aliphatic rings. The molecule has 4 rings (SSSR count). The van der Waals surface area contributed by atoms with Crippen LogP contribution in [0.25, 0.3) is 17.0 Å². The van der Waals surface area contributed by atoms with E-state index in [0.717, 1.165) is 41.1 Å². The number of allylic oxidation sites excluding steroid dienone is 1. The highest BCUT2D eigenvalue weighted by molar-refractivity contribution is 7.80. The third-order valence-electron chi connectivity index (χ3n) is 5.97. The molecule has 0 spiro atoms. The van der Waals surface area contributed by atoms with Crippen LogP contribution in [0.1, 0.15) is 50.3 Å². The molecule has 0 radical (unpaired) electrons. The number of thiocarbonyl (C=S) groups is 1. The van der Waals surface area contributed by atoms with Crippen LogP contribution in [0.2, 0.25) is 0 Å². The topological polar surface area (TPSA) is 72.7 Å². The molecule has 0 aliphatic carbocycles. The second-order valence-corrected chi connectivity index (χ2v) is 9.26. The van der Waals surface area contributed by atoms with E-state index in [1.165, 1.54) is 5.56 Å². The molecule has 1 aromatic heterocycles. The van der Waals surface area contributed by atoms with Gasteiger partial charge in [0.05, 0.1) is 24.8 Å². The molecule has 2 aromatic carbocycles. The lowest BCUT2D eigenvalue weighted by molar-refractivity contribution is 0.0749. The highest BCUT2D eigenvalue weighted by Crippen LogP contribution is 2.37. The van der Waals surface area contributed by atoms with Crippen LogP contribution in [-0.2, 0) is 4.74 Å². The molecule has 0 amide bonds. The monoisotopic (exact) mass is 492 g/mol. The fraction of sp³-hybridized carbons (Fsp3) is 0.370. The number of nitrogens with zero attached hydrogens (tertiary/aromatic N) is 3. The fourth-order valence-electron chi connectivity index (χ4n) is 4.09. The van der Waals surface area contributed by atoms with Crippen LogP contribution in [0.5, 0.6) is 5.75 Å². The van der Waals surface area contributed by atoms with Gasteiger partial charge in [-0.15, -0.1) is 0 Å². The molecule has 35 heavy (non-hydrogen) atoms. The van der Waals surface area contributed by atoms with Gasteiger partial charge in [-0.1, -0.05) is 47.1 Å². The summed E-state index contributed by atoms with van der Waals surface area (Å²) < 4.78 is 16.9. The Morgan fingerprint density at radius 2 is 1.91 bits per heavy atom. The van der Waals surface area contributed by atoms with Crippen LogP contribution in [0.4, 0.5) is 0 Å². The zero-order valence-corrected chi connectivity index (χ0v) is 21.7. The van der Waals surface area contributed by atoms with Crippen molar-refractivity contribution in [2.24, 2.45) is 0 Å². The van der Waals surface area contributed by atoms with Crippen molar-refractivity contribution in [2.75, 3.05) is 20.3 Å². The Bertz CT molecular complexity index is 1200. The van der Waals surface area contributed by atoms with E-state index in [0.29, 0.717) is 23.4 Å². The molecule has 1 unspecified atom stereocenters. The Balaban J connectivity index is 1.71. The Labute approximate surface area is 212 Å². The molecule has 3 aromatic rings. The predicted octanol–water partition coefficient (Wildman–Crippen LogP) is 5.53. The second-order valence-electron chi connectivity index (χ2n) is 8.87. The number of aryl methyl sites for hydroxylation is 1. The minimum atomic E-state index is -0.204. The van der Waals surface area contributed by atoms with E-state index in [1.807, 2.05) is 38.1 Å². The quantitative estimate of drug-likeness (QED) is 0.309. The molecular weight excluding hydrogens is 460 g/mol. The summed E-state index contributed by atoms with van der Waals surface area (Å²) in [6.07, 6.45) is 1.05. The standard InChI is InChI=1S/C27H32N4O3S/c1-17(2)33-15-7-14-31-19(4)23(24(28-27(31)35)20-12-10-18(3)11-13-20)26-29-25(30-34-26)21-8-6-9-22(16-21)32-5/h6,8-13,16-17,24H,7,14-15H2,1-5H3,(H,28,35). The van der Waals surface area contributed by atoms with E-state index < -0.39 is 0 Å². The van der Waals surface area contributed by atoms with E-state index in [2.05, 4.69) is 53.5 Å². The molecule has 0 saturated carbocycles. The highest BCUT2D eigenvalue weighted by Gasteiger charge is 2.34. The van der Waals surface area contributed by atoms with Gasteiger partial charge in [-0.3, -0.25) is 0 Å². The van der Waals surface area contributed by atoms with Crippen LogP contribution in [0.15, 0.2) is 58.8 Å². The van der Waals surface area contributed by atoms with Crippen molar-refractivity contribution in [3.05, 3.63) is 71.2 Å². The van der Waals surface area contributed by atoms with Gasteiger partial charge in [-0.2, -0.15) is 4.98 Å². The normalized spacial score (nSPS) is 16.1. The maximum atomic E-state index is 5.82. The van der Waals surface area contributed by atoms with Gasteiger partial charge in [-0.25, -0.2) is 0 Å². The predicted molar refractivity (Wildman–Crippen MR) is 141 cm³/mol. The highest BCUT2D eigenvalue weighted by atomic mass is 32.1. The number of rotatable bonds is 9. The minimum absolute atomic E-state index is 0.202. The summed E-state index contributed by atoms with van der Waals surface area (Å²) in [7, 11) is 1.64. The summed E-state index contributed by atoms with van der Waals surface area (Å²) >= 11 is 5.78. The van der Waals surface area contributed by atoms with Crippen molar-refractivity contribution in [1.29, 1.82) is 0 Å². The van der Waals surface area contributed by atoms with Gasteiger partial charge in [0, 0.05) is 24.4 Å². The molecule has 1 N–H and O–H groups in total. The fourth-order valence-corrected chi connectivity index (χ4v) is 4.44. The SMILES string of the molecule is COc1cccc(-c2noc(C3=C(C)N(CCCOC(C)C)C(=S)NC3c3ccc(C)cc3)n2)c1. The first-order valence-corrected chi connectivity index (χ1v) is 12.2. The molecule has 2 heterocycles. The first-order chi connectivity index (χ1) is 16.9. The van der Waals surface area contributed by atoms with E-state index in [-0.39, 0.29) is 12.1 Å². The first-order valence-electron chi connectivity index (χ1n) is 11.8. The van der Waals surface area contributed by atoms with Crippen LogP contribution in [-0.4, -0.2) is 46.5 Å². The summed E-state index contributed by atoms with van der Waals surface area (Å²) in [5.41, 5.74) is 5.00. The van der Waals surface area contributed by atoms with Gasteiger partial charge in [0.25, 0.3) is 5.89 Å². The first kappa shape index (κ1) is 24.9. The van der Waals surface area contributed by atoms with Gasteiger partial charge in [0.2, 0.25) is 5.82 Å². The molecular formula is C27H32N4O3S. The summed E-state index contributed by atoms with van der Waals surface area (Å²) in [5.74, 6) is 1.71. The zero-order valence-electron chi connectivity index (χ0n) is 20.9. The van der Waals surface area contributed by atoms with E-state index in [1.54, 1.807) is 7.11 Å². The smallest absolute Gasteiger partial charge is 0.258 e. The third-order valence-corrected chi connectivity index (χ3v) is 6.31. The van der Waals surface area contributed by atoms with Crippen LogP contribution in [0.3, 0.4) is 0 Å². The third kappa shape index (κ3) is 5.71. The van der Waals surface area contributed by atoms with Gasteiger partial charge in [0.15, 0.2) is 5.11 Å². The van der Waals surface area contributed by atoms with Crippen molar-refractivity contribution < 1.29 is 14.0 Å². The van der Waals surface area contributed by atoms with E-state index in [9.17, 15) is 0 Å². The maximum Gasteiger partial charge on any atom is 0.258 e. The molecule has 0 saturated heterocycles. The average molecular weight is 493 g/mol. The molecule has 1 atom stereocenters. The van der Waals surface area contributed by atoms with Crippen LogP contribution < -0.4 is 10.1 Å². The van der Waals surface area contributed by atoms with Gasteiger partial charge in [0.1, 0.15) is 5.75 Å². The van der Waals surface area contributed by atoms with Gasteiger partial charge < -0.3 is 24.2 Å². The lowest BCUT2D eigenvalue weighted by Gasteiger charge is -2.37. The minimum Gasteiger partial charge on any atom is -0.497 e. The van der Waals surface area contributed by atoms with Crippen molar-refractivity contribution >= 4 is 22.9 Å². The Hall–Kier alpha value is -3.23. The van der Waals surface area contributed by atoms with Crippen molar-refractivity contribution in [3.63, 3.8) is 0 Å². The molecule has 1 aliphatic heterocycles. The maximum absolute atomic E-state index is 5.82. The molecule has 0 bridgehead atoms. The Morgan fingerprint density at radius 3 is 2.63 bits per heavy atom. The van der Waals surface area contributed by atoms with Crippen LogP contribution >= 0.6 is 12.2 Å². The summed E-state index contributed by atoms with van der Waals surface area (Å²) in [6.45, 7) is 9.61.